The summed E-state index contributed by atoms with van der Waals surface area (Å²) in [6.45, 7) is 6.08. The van der Waals surface area contributed by atoms with Crippen LogP contribution >= 0.6 is 0 Å². The van der Waals surface area contributed by atoms with E-state index in [0.717, 1.165) is 25.9 Å². The summed E-state index contributed by atoms with van der Waals surface area (Å²) in [6, 6.07) is 1.29. The number of hydrogen-bond acceptors (Lipinski definition) is 4. The monoisotopic (exact) mass is 253 g/mol. The molecule has 0 unspecified atom stereocenters. The molecule has 1 aromatic heterocycles. The van der Waals surface area contributed by atoms with Gasteiger partial charge >= 0.3 is 0 Å². The Morgan fingerprint density at radius 3 is 2.72 bits per heavy atom. The van der Waals surface area contributed by atoms with Crippen LogP contribution in [0.4, 0.5) is 5.69 Å². The first-order chi connectivity index (χ1) is 8.58. The van der Waals surface area contributed by atoms with Gasteiger partial charge in [0, 0.05) is 6.07 Å². The van der Waals surface area contributed by atoms with Crippen molar-refractivity contribution in [1.29, 1.82) is 0 Å². The molecule has 0 aliphatic heterocycles. The number of nitro groups is 1. The van der Waals surface area contributed by atoms with Gasteiger partial charge in [-0.1, -0.05) is 20.3 Å². The van der Waals surface area contributed by atoms with Gasteiger partial charge in [0.2, 0.25) is 0 Å². The van der Waals surface area contributed by atoms with Crippen LogP contribution in [-0.4, -0.2) is 40.2 Å². The smallest absolute Gasteiger partial charge is 0.287 e. The molecule has 0 saturated heterocycles. The second-order valence-electron chi connectivity index (χ2n) is 4.17. The number of nitrogens with one attached hydrogen (secondary N) is 1. The van der Waals surface area contributed by atoms with Crippen LogP contribution in [0.3, 0.4) is 0 Å². The SMILES string of the molecule is CCCCN(CC)CC(=O)c1cc([N+](=O)[O-])c[nH]1. The number of Topliss-reactive ketones (excluding diaryl/α,β-unsaturated/α-hetero) is 1. The fourth-order valence-corrected chi connectivity index (χ4v) is 1.67. The van der Waals surface area contributed by atoms with E-state index in [-0.39, 0.29) is 11.5 Å². The van der Waals surface area contributed by atoms with Crippen molar-refractivity contribution in [2.75, 3.05) is 19.6 Å². The van der Waals surface area contributed by atoms with E-state index in [0.29, 0.717) is 12.2 Å². The summed E-state index contributed by atoms with van der Waals surface area (Å²) < 4.78 is 0. The molecule has 0 aliphatic carbocycles. The fourth-order valence-electron chi connectivity index (χ4n) is 1.67. The largest absolute Gasteiger partial charge is 0.353 e. The third kappa shape index (κ3) is 3.96. The third-order valence-electron chi connectivity index (χ3n) is 2.82. The summed E-state index contributed by atoms with van der Waals surface area (Å²) in [7, 11) is 0. The first kappa shape index (κ1) is 14.4. The van der Waals surface area contributed by atoms with Gasteiger partial charge in [-0.25, -0.2) is 0 Å². The highest BCUT2D eigenvalue weighted by Gasteiger charge is 2.16. The summed E-state index contributed by atoms with van der Waals surface area (Å²) in [6.07, 6.45) is 3.38. The number of hydrogen-bond donors (Lipinski definition) is 1. The van der Waals surface area contributed by atoms with E-state index in [1.54, 1.807) is 0 Å². The molecule has 1 N–H and O–H groups in total. The van der Waals surface area contributed by atoms with Gasteiger partial charge in [-0.2, -0.15) is 0 Å². The zero-order valence-corrected chi connectivity index (χ0v) is 10.8. The predicted octanol–water partition coefficient (Wildman–Crippen LogP) is 2.23. The van der Waals surface area contributed by atoms with Gasteiger partial charge in [-0.15, -0.1) is 0 Å². The van der Waals surface area contributed by atoms with E-state index < -0.39 is 4.92 Å². The van der Waals surface area contributed by atoms with Crippen molar-refractivity contribution < 1.29 is 9.72 Å². The summed E-state index contributed by atoms with van der Waals surface area (Å²) in [5.41, 5.74) is 0.228. The van der Waals surface area contributed by atoms with Crippen LogP contribution in [-0.2, 0) is 0 Å². The summed E-state index contributed by atoms with van der Waals surface area (Å²) >= 11 is 0. The Kier molecular flexibility index (Phi) is 5.51. The van der Waals surface area contributed by atoms with Gasteiger partial charge in [0.1, 0.15) is 0 Å². The molecule has 0 radical (unpaired) electrons. The van der Waals surface area contributed by atoms with E-state index in [9.17, 15) is 14.9 Å². The number of aromatic amines is 1. The molecule has 1 aromatic rings. The lowest BCUT2D eigenvalue weighted by Crippen LogP contribution is -2.30. The Balaban J connectivity index is 2.59. The summed E-state index contributed by atoms with van der Waals surface area (Å²) in [4.78, 5) is 26.6. The second kappa shape index (κ2) is 6.90. The average Bonchev–Trinajstić information content (AvgIpc) is 2.83. The Bertz CT molecular complexity index is 414. The number of unbranched alkanes of at least 4 members (excludes halogenated alkanes) is 1. The molecule has 100 valence electrons. The maximum absolute atomic E-state index is 11.9. The second-order valence-corrected chi connectivity index (χ2v) is 4.17. The third-order valence-corrected chi connectivity index (χ3v) is 2.82. The van der Waals surface area contributed by atoms with E-state index in [1.807, 2.05) is 11.8 Å². The first-order valence-corrected chi connectivity index (χ1v) is 6.16. The van der Waals surface area contributed by atoms with Crippen molar-refractivity contribution in [2.45, 2.75) is 26.7 Å². The Morgan fingerprint density at radius 1 is 1.50 bits per heavy atom. The number of H-pyrrole nitrogens is 1. The van der Waals surface area contributed by atoms with Gasteiger partial charge in [0.05, 0.1) is 23.4 Å². The van der Waals surface area contributed by atoms with Crippen LogP contribution in [0.2, 0.25) is 0 Å². The zero-order chi connectivity index (χ0) is 13.5. The van der Waals surface area contributed by atoms with Crippen LogP contribution < -0.4 is 0 Å². The van der Waals surface area contributed by atoms with Crippen molar-refractivity contribution >= 4 is 11.5 Å². The van der Waals surface area contributed by atoms with Crippen LogP contribution in [0.15, 0.2) is 12.3 Å². The highest BCUT2D eigenvalue weighted by atomic mass is 16.6. The number of aromatic nitrogens is 1. The normalized spacial score (nSPS) is 10.8. The number of carbonyl (C=O) groups excluding carboxylic acids is 1. The molecule has 18 heavy (non-hydrogen) atoms. The van der Waals surface area contributed by atoms with Crippen LogP contribution in [0.1, 0.15) is 37.2 Å². The molecule has 0 aliphatic rings. The molecule has 0 spiro atoms. The minimum absolute atomic E-state index is 0.0741. The molecule has 0 atom stereocenters. The van der Waals surface area contributed by atoms with E-state index in [1.165, 1.54) is 12.3 Å². The van der Waals surface area contributed by atoms with E-state index in [4.69, 9.17) is 0 Å². The molecule has 0 saturated carbocycles. The maximum Gasteiger partial charge on any atom is 0.287 e. The van der Waals surface area contributed by atoms with Gasteiger partial charge in [-0.05, 0) is 19.5 Å². The van der Waals surface area contributed by atoms with E-state index in [2.05, 4.69) is 11.9 Å². The van der Waals surface area contributed by atoms with E-state index >= 15 is 0 Å². The van der Waals surface area contributed by atoms with Crippen LogP contribution in [0, 0.1) is 10.1 Å². The highest BCUT2D eigenvalue weighted by molar-refractivity contribution is 5.96. The number of likely N-dealkylation sites (N-methyl/N-ethyl adjacent to an activating group) is 1. The standard InChI is InChI=1S/C12H19N3O3/c1-3-5-6-14(4-2)9-12(16)11-7-10(8-13-11)15(17)18/h7-8,13H,3-6,9H2,1-2H3. The Morgan fingerprint density at radius 2 is 2.22 bits per heavy atom. The van der Waals surface area contributed by atoms with Gasteiger partial charge in [0.15, 0.2) is 5.78 Å². The van der Waals surface area contributed by atoms with Gasteiger partial charge < -0.3 is 4.98 Å². The molecule has 0 amide bonds. The number of ketones is 1. The van der Waals surface area contributed by atoms with Crippen molar-refractivity contribution in [2.24, 2.45) is 0 Å². The van der Waals surface area contributed by atoms with Crippen molar-refractivity contribution in [3.8, 4) is 0 Å². The van der Waals surface area contributed by atoms with Crippen molar-refractivity contribution in [3.63, 3.8) is 0 Å². The molecule has 6 nitrogen and oxygen atoms in total. The zero-order valence-electron chi connectivity index (χ0n) is 10.8. The number of carbonyl (C=O) groups is 1. The average molecular weight is 253 g/mol. The first-order valence-electron chi connectivity index (χ1n) is 6.16. The molecular weight excluding hydrogens is 234 g/mol. The van der Waals surface area contributed by atoms with Crippen molar-refractivity contribution in [3.05, 3.63) is 28.1 Å². The Hall–Kier alpha value is -1.69. The molecule has 1 heterocycles. The van der Waals surface area contributed by atoms with Crippen molar-refractivity contribution in [1.82, 2.24) is 9.88 Å². The maximum atomic E-state index is 11.9. The van der Waals surface area contributed by atoms with Crippen LogP contribution in [0.25, 0.3) is 0 Å². The quantitative estimate of drug-likeness (QED) is 0.437. The lowest BCUT2D eigenvalue weighted by atomic mass is 10.2. The minimum Gasteiger partial charge on any atom is -0.353 e. The van der Waals surface area contributed by atoms with Gasteiger partial charge in [0.25, 0.3) is 5.69 Å². The lowest BCUT2D eigenvalue weighted by Gasteiger charge is -2.18. The number of nitrogens with zero attached hydrogens (tertiary/aromatic N) is 2. The molecule has 1 rings (SSSR count). The molecule has 0 fully saturated rings. The summed E-state index contributed by atoms with van der Waals surface area (Å²) in [5.74, 6) is -0.110. The molecular formula is C12H19N3O3. The highest BCUT2D eigenvalue weighted by Crippen LogP contribution is 2.13. The minimum atomic E-state index is -0.512. The number of rotatable bonds is 8. The summed E-state index contributed by atoms with van der Waals surface area (Å²) in [5, 5.41) is 10.5. The molecule has 0 bridgehead atoms. The Labute approximate surface area is 106 Å². The molecule has 0 aromatic carbocycles. The molecule has 6 heteroatoms. The fraction of sp³-hybridized carbons (Fsp3) is 0.583. The van der Waals surface area contributed by atoms with Crippen LogP contribution in [0.5, 0.6) is 0 Å². The topological polar surface area (TPSA) is 79.2 Å². The lowest BCUT2D eigenvalue weighted by molar-refractivity contribution is -0.384. The predicted molar refractivity (Wildman–Crippen MR) is 68.8 cm³/mol. The van der Waals surface area contributed by atoms with Gasteiger partial charge in [-0.3, -0.25) is 19.8 Å².